The lowest BCUT2D eigenvalue weighted by atomic mass is 9.91. The summed E-state index contributed by atoms with van der Waals surface area (Å²) in [5.74, 6) is 1.28. The maximum Gasteiger partial charge on any atom is 0.296 e. The fourth-order valence-electron chi connectivity index (χ4n) is 5.00. The predicted octanol–water partition coefficient (Wildman–Crippen LogP) is 7.63. The largest absolute Gasteiger partial charge is 0.296 e. The first kappa shape index (κ1) is 30.7. The summed E-state index contributed by atoms with van der Waals surface area (Å²) in [6, 6.07) is 6.66. The summed E-state index contributed by atoms with van der Waals surface area (Å²) in [6.45, 7) is 8.77. The lowest BCUT2D eigenvalue weighted by molar-refractivity contribution is 0.465. The smallest absolute Gasteiger partial charge is 0.282 e. The van der Waals surface area contributed by atoms with Crippen LogP contribution in [0, 0.1) is 11.8 Å². The molecule has 0 saturated carbocycles. The molecule has 2 aromatic carbocycles. The summed E-state index contributed by atoms with van der Waals surface area (Å²) in [5, 5.41) is 0.748. The molecule has 2 aromatic rings. The van der Waals surface area contributed by atoms with Gasteiger partial charge in [-0.15, -0.1) is 0 Å². The van der Waals surface area contributed by atoms with Gasteiger partial charge in [-0.25, -0.2) is 0 Å². The van der Waals surface area contributed by atoms with E-state index in [1.165, 1.54) is 12.5 Å². The maximum absolute atomic E-state index is 12.6. The molecule has 36 heavy (non-hydrogen) atoms. The van der Waals surface area contributed by atoms with Gasteiger partial charge in [0.1, 0.15) is 9.79 Å². The Bertz CT molecular complexity index is 1200. The molecule has 0 aliphatic carbocycles. The zero-order chi connectivity index (χ0) is 26.9. The average molecular weight is 541 g/mol. The van der Waals surface area contributed by atoms with E-state index >= 15 is 0 Å². The van der Waals surface area contributed by atoms with Crippen LogP contribution in [0.5, 0.6) is 0 Å². The maximum atomic E-state index is 12.6. The van der Waals surface area contributed by atoms with Crippen molar-refractivity contribution < 1.29 is 25.9 Å². The van der Waals surface area contributed by atoms with Crippen LogP contribution in [0.15, 0.2) is 34.1 Å². The lowest BCUT2D eigenvalue weighted by Gasteiger charge is -2.20. The van der Waals surface area contributed by atoms with Crippen LogP contribution in [-0.2, 0) is 33.1 Å². The van der Waals surface area contributed by atoms with Crippen LogP contribution in [0.2, 0.25) is 0 Å². The molecule has 6 nitrogen and oxygen atoms in total. The normalized spacial score (nSPS) is 12.8. The first-order valence-corrected chi connectivity index (χ1v) is 16.2. The molecule has 8 heteroatoms. The Morgan fingerprint density at radius 1 is 0.583 bits per heavy atom. The summed E-state index contributed by atoms with van der Waals surface area (Å²) in [6.07, 6.45) is 10.9. The van der Waals surface area contributed by atoms with Crippen LogP contribution in [0.4, 0.5) is 0 Å². The summed E-state index contributed by atoms with van der Waals surface area (Å²) < 4.78 is 70.3. The van der Waals surface area contributed by atoms with E-state index in [0.717, 1.165) is 56.9 Å². The number of hydrogen-bond donors (Lipinski definition) is 2. The number of unbranched alkanes of at least 4 members (excludes halogenated alkanes) is 6. The predicted molar refractivity (Wildman–Crippen MR) is 147 cm³/mol. The van der Waals surface area contributed by atoms with Gasteiger partial charge < -0.3 is 0 Å². The van der Waals surface area contributed by atoms with Crippen molar-refractivity contribution in [1.29, 1.82) is 0 Å². The van der Waals surface area contributed by atoms with Gasteiger partial charge in [-0.2, -0.15) is 16.8 Å². The van der Waals surface area contributed by atoms with Crippen molar-refractivity contribution in [3.05, 3.63) is 35.4 Å². The molecular formula is C28H44O6S2. The van der Waals surface area contributed by atoms with Gasteiger partial charge >= 0.3 is 0 Å². The fourth-order valence-corrected chi connectivity index (χ4v) is 7.32. The average Bonchev–Trinajstić information content (AvgIpc) is 2.76. The molecule has 2 N–H and O–H groups in total. The van der Waals surface area contributed by atoms with Gasteiger partial charge in [0, 0.05) is 5.39 Å². The van der Waals surface area contributed by atoms with E-state index in [2.05, 4.69) is 27.7 Å². The van der Waals surface area contributed by atoms with Crippen LogP contribution < -0.4 is 0 Å². The van der Waals surface area contributed by atoms with E-state index in [0.29, 0.717) is 42.0 Å². The second-order valence-electron chi connectivity index (χ2n) is 10.8. The van der Waals surface area contributed by atoms with Crippen molar-refractivity contribution in [2.75, 3.05) is 0 Å². The number of rotatable bonds is 16. The quantitative estimate of drug-likeness (QED) is 0.167. The lowest BCUT2D eigenvalue weighted by Crippen LogP contribution is -2.15. The van der Waals surface area contributed by atoms with E-state index < -0.39 is 30.0 Å². The molecule has 0 atom stereocenters. The molecule has 2 rings (SSSR count). The van der Waals surface area contributed by atoms with Crippen LogP contribution in [0.3, 0.4) is 0 Å². The summed E-state index contributed by atoms with van der Waals surface area (Å²) in [4.78, 5) is -1.36. The zero-order valence-corrected chi connectivity index (χ0v) is 23.9. The van der Waals surface area contributed by atoms with E-state index in [4.69, 9.17) is 0 Å². The van der Waals surface area contributed by atoms with Crippen LogP contribution in [0.25, 0.3) is 10.8 Å². The van der Waals surface area contributed by atoms with E-state index in [-0.39, 0.29) is 5.39 Å². The molecule has 0 aliphatic rings. The molecule has 0 unspecified atom stereocenters. The molecular weight excluding hydrogens is 496 g/mol. The van der Waals surface area contributed by atoms with Crippen molar-refractivity contribution in [2.45, 2.75) is 115 Å². The molecule has 0 bridgehead atoms. The van der Waals surface area contributed by atoms with Crippen molar-refractivity contribution in [3.63, 3.8) is 0 Å². The van der Waals surface area contributed by atoms with Crippen LogP contribution in [-0.4, -0.2) is 25.9 Å². The number of aryl methyl sites for hydroxylation is 1. The van der Waals surface area contributed by atoms with Crippen molar-refractivity contribution in [2.24, 2.45) is 11.8 Å². The Balaban J connectivity index is 2.50. The van der Waals surface area contributed by atoms with Gasteiger partial charge in [0.25, 0.3) is 20.2 Å². The highest BCUT2D eigenvalue weighted by Crippen LogP contribution is 2.38. The van der Waals surface area contributed by atoms with E-state index in [1.54, 1.807) is 18.2 Å². The minimum Gasteiger partial charge on any atom is -0.282 e. The highest BCUT2D eigenvalue weighted by molar-refractivity contribution is 7.89. The van der Waals surface area contributed by atoms with Crippen molar-refractivity contribution in [3.8, 4) is 0 Å². The number of benzene rings is 2. The van der Waals surface area contributed by atoms with Gasteiger partial charge in [0.2, 0.25) is 0 Å². The second-order valence-corrected chi connectivity index (χ2v) is 13.5. The fraction of sp³-hybridized carbons (Fsp3) is 0.643. The van der Waals surface area contributed by atoms with Crippen LogP contribution >= 0.6 is 0 Å². The first-order chi connectivity index (χ1) is 16.8. The monoisotopic (exact) mass is 540 g/mol. The van der Waals surface area contributed by atoms with Gasteiger partial charge in [0.15, 0.2) is 0 Å². The van der Waals surface area contributed by atoms with Crippen molar-refractivity contribution in [1.82, 2.24) is 0 Å². The highest BCUT2D eigenvalue weighted by Gasteiger charge is 2.32. The van der Waals surface area contributed by atoms with Gasteiger partial charge in [0.05, 0.1) is 0 Å². The summed E-state index contributed by atoms with van der Waals surface area (Å²) in [5.41, 5.74) is 1.09. The molecule has 0 heterocycles. The Labute approximate surface area is 218 Å². The third kappa shape index (κ3) is 9.12. The van der Waals surface area contributed by atoms with E-state index in [9.17, 15) is 25.9 Å². The number of fused-ring (bicyclic) bond motifs is 1. The third-order valence-corrected chi connectivity index (χ3v) is 8.81. The summed E-state index contributed by atoms with van der Waals surface area (Å²) in [7, 11) is -9.82. The third-order valence-electron chi connectivity index (χ3n) is 6.77. The molecule has 0 spiro atoms. The number of hydrogen-bond acceptors (Lipinski definition) is 4. The molecule has 0 aromatic heterocycles. The Hall–Kier alpha value is -1.48. The van der Waals surface area contributed by atoms with Crippen LogP contribution in [0.1, 0.15) is 103 Å². The topological polar surface area (TPSA) is 109 Å². The van der Waals surface area contributed by atoms with Gasteiger partial charge in [-0.3, -0.25) is 9.11 Å². The minimum absolute atomic E-state index is 0.128. The molecule has 0 aliphatic heterocycles. The Kier molecular flexibility index (Phi) is 11.9. The van der Waals surface area contributed by atoms with Gasteiger partial charge in [-0.05, 0) is 54.0 Å². The molecule has 0 amide bonds. The molecule has 0 fully saturated rings. The zero-order valence-electron chi connectivity index (χ0n) is 22.3. The van der Waals surface area contributed by atoms with E-state index in [1.807, 2.05) is 0 Å². The first-order valence-electron chi connectivity index (χ1n) is 13.4. The Morgan fingerprint density at radius 2 is 1.00 bits per heavy atom. The Morgan fingerprint density at radius 3 is 1.44 bits per heavy atom. The van der Waals surface area contributed by atoms with Crippen molar-refractivity contribution >= 4 is 31.0 Å². The van der Waals surface area contributed by atoms with Gasteiger partial charge in [-0.1, -0.05) is 103 Å². The molecule has 204 valence electrons. The minimum atomic E-state index is -4.91. The highest BCUT2D eigenvalue weighted by atomic mass is 32.2. The molecule has 0 radical (unpaired) electrons. The second kappa shape index (κ2) is 13.9. The summed E-state index contributed by atoms with van der Waals surface area (Å²) >= 11 is 0. The SMILES string of the molecule is CC(C)CCCCCCc1c(S(=O)(=O)O)c(S(=O)(=O)O)c2ccccc2c1CCCCCCC(C)C. The standard InChI is InChI=1S/C28H44O6S2/c1-21(2)15-9-5-7-11-17-23-24-18-13-14-20-26(24)28(36(32,33)34)27(35(29,30)31)25(23)19-12-8-6-10-16-22(3)4/h13-14,18,20-22H,5-12,15-17,19H2,1-4H3,(H,29,30,31)(H,32,33,34). The molecule has 0 saturated heterocycles.